The number of carbonyl (C=O) groups is 1. The van der Waals surface area contributed by atoms with Gasteiger partial charge in [-0.3, -0.25) is 0 Å². The molecular formula is C13H23N5O2. The molecule has 1 aromatic rings. The number of carbonyl (C=O) groups excluding carboxylic acids is 1. The lowest BCUT2D eigenvalue weighted by Crippen LogP contribution is -2.37. The molecule has 0 saturated carbocycles. The number of ether oxygens (including phenoxy) is 1. The number of amides is 2. The molecule has 7 nitrogen and oxygen atoms in total. The molecule has 0 bridgehead atoms. The molecule has 0 atom stereocenters. The van der Waals surface area contributed by atoms with E-state index < -0.39 is 0 Å². The second-order valence-electron chi connectivity index (χ2n) is 4.49. The van der Waals surface area contributed by atoms with Crippen LogP contribution in [0.15, 0.2) is 12.1 Å². The Balaban J connectivity index is 2.42. The third-order valence-corrected chi connectivity index (χ3v) is 2.45. The van der Waals surface area contributed by atoms with Crippen molar-refractivity contribution in [1.29, 1.82) is 0 Å². The third-order valence-electron chi connectivity index (χ3n) is 2.45. The molecule has 4 N–H and O–H groups in total. The molecule has 0 aliphatic rings. The lowest BCUT2D eigenvalue weighted by molar-refractivity contribution is 0.218. The first-order chi connectivity index (χ1) is 9.54. The predicted molar refractivity (Wildman–Crippen MR) is 80.0 cm³/mol. The summed E-state index contributed by atoms with van der Waals surface area (Å²) in [5.74, 6) is 1.11. The normalized spacial score (nSPS) is 9.95. The highest BCUT2D eigenvalue weighted by Crippen LogP contribution is 2.20. The van der Waals surface area contributed by atoms with Crippen LogP contribution in [0.5, 0.6) is 5.88 Å². The van der Waals surface area contributed by atoms with Gasteiger partial charge in [0.05, 0.1) is 12.3 Å². The Bertz CT molecular complexity index is 437. The second kappa shape index (κ2) is 8.08. The topological polar surface area (TPSA) is 92.5 Å². The summed E-state index contributed by atoms with van der Waals surface area (Å²) in [6, 6.07) is 3.41. The van der Waals surface area contributed by atoms with Gasteiger partial charge in [0.25, 0.3) is 0 Å². The van der Waals surface area contributed by atoms with E-state index in [0.717, 1.165) is 6.42 Å². The predicted octanol–water partition coefficient (Wildman–Crippen LogP) is 1.14. The van der Waals surface area contributed by atoms with Crippen molar-refractivity contribution in [3.63, 3.8) is 0 Å². The number of rotatable bonds is 7. The Morgan fingerprint density at radius 2 is 2.15 bits per heavy atom. The number of nitrogens with zero attached hydrogens (tertiary/aromatic N) is 2. The molecule has 0 unspecified atom stereocenters. The highest BCUT2D eigenvalue weighted by atomic mass is 16.5. The van der Waals surface area contributed by atoms with E-state index in [1.54, 1.807) is 26.2 Å². The summed E-state index contributed by atoms with van der Waals surface area (Å²) in [5, 5.41) is 5.86. The number of anilines is 2. The Morgan fingerprint density at radius 3 is 2.80 bits per heavy atom. The summed E-state index contributed by atoms with van der Waals surface area (Å²) in [6.45, 7) is 3.68. The standard InChI is InChI=1S/C13H23N5O2/c1-4-9-20-12-10(14)5-6-11(17-12)15-7-8-16-13(19)18(2)3/h5-6H,4,7-9,14H2,1-3H3,(H,15,17)(H,16,19). The van der Waals surface area contributed by atoms with Crippen molar-refractivity contribution in [3.05, 3.63) is 12.1 Å². The number of aromatic nitrogens is 1. The smallest absolute Gasteiger partial charge is 0.316 e. The molecule has 1 aromatic heterocycles. The van der Waals surface area contributed by atoms with Crippen LogP contribution in [-0.2, 0) is 0 Å². The van der Waals surface area contributed by atoms with E-state index in [1.165, 1.54) is 4.90 Å². The summed E-state index contributed by atoms with van der Waals surface area (Å²) in [7, 11) is 3.39. The number of nitrogen functional groups attached to an aromatic ring is 1. The number of urea groups is 1. The van der Waals surface area contributed by atoms with E-state index in [4.69, 9.17) is 10.5 Å². The first kappa shape index (κ1) is 15.9. The van der Waals surface area contributed by atoms with Crippen LogP contribution in [0.4, 0.5) is 16.3 Å². The van der Waals surface area contributed by atoms with Crippen molar-refractivity contribution in [2.24, 2.45) is 0 Å². The van der Waals surface area contributed by atoms with Crippen LogP contribution in [0, 0.1) is 0 Å². The van der Waals surface area contributed by atoms with Gasteiger partial charge in [0.2, 0.25) is 5.88 Å². The number of pyridine rings is 1. The SMILES string of the molecule is CCCOc1nc(NCCNC(=O)N(C)C)ccc1N. The molecule has 0 spiro atoms. The molecule has 0 aliphatic heterocycles. The maximum Gasteiger partial charge on any atom is 0.316 e. The van der Waals surface area contributed by atoms with Gasteiger partial charge >= 0.3 is 6.03 Å². The Kier molecular flexibility index (Phi) is 6.42. The zero-order valence-corrected chi connectivity index (χ0v) is 12.3. The van der Waals surface area contributed by atoms with E-state index in [9.17, 15) is 4.79 Å². The van der Waals surface area contributed by atoms with Gasteiger partial charge < -0.3 is 26.0 Å². The molecule has 0 radical (unpaired) electrons. The fourth-order valence-electron chi connectivity index (χ4n) is 1.38. The summed E-state index contributed by atoms with van der Waals surface area (Å²) in [6.07, 6.45) is 0.898. The van der Waals surface area contributed by atoms with Gasteiger partial charge in [-0.15, -0.1) is 0 Å². The van der Waals surface area contributed by atoms with Crippen molar-refractivity contribution in [2.75, 3.05) is 44.8 Å². The minimum Gasteiger partial charge on any atom is -0.476 e. The fraction of sp³-hybridized carbons (Fsp3) is 0.538. The number of nitrogens with one attached hydrogen (secondary N) is 2. The van der Waals surface area contributed by atoms with Crippen molar-refractivity contribution in [2.45, 2.75) is 13.3 Å². The van der Waals surface area contributed by atoms with E-state index in [2.05, 4.69) is 15.6 Å². The van der Waals surface area contributed by atoms with E-state index in [1.807, 2.05) is 6.92 Å². The third kappa shape index (κ3) is 5.21. The quantitative estimate of drug-likeness (QED) is 0.652. The van der Waals surface area contributed by atoms with Gasteiger partial charge in [-0.25, -0.2) is 4.79 Å². The molecule has 0 saturated heterocycles. The van der Waals surface area contributed by atoms with Gasteiger partial charge in [0.15, 0.2) is 0 Å². The van der Waals surface area contributed by atoms with Crippen molar-refractivity contribution < 1.29 is 9.53 Å². The second-order valence-corrected chi connectivity index (χ2v) is 4.49. The van der Waals surface area contributed by atoms with Gasteiger partial charge in [-0.2, -0.15) is 4.98 Å². The van der Waals surface area contributed by atoms with Crippen LogP contribution in [0.2, 0.25) is 0 Å². The van der Waals surface area contributed by atoms with E-state index in [0.29, 0.717) is 37.1 Å². The highest BCUT2D eigenvalue weighted by Gasteiger charge is 2.04. The Morgan fingerprint density at radius 1 is 1.40 bits per heavy atom. The largest absolute Gasteiger partial charge is 0.476 e. The summed E-state index contributed by atoms with van der Waals surface area (Å²) in [4.78, 5) is 17.1. The minimum atomic E-state index is -0.121. The molecular weight excluding hydrogens is 258 g/mol. The molecule has 1 heterocycles. The van der Waals surface area contributed by atoms with Crippen LogP contribution >= 0.6 is 0 Å². The Hall–Kier alpha value is -2.18. The molecule has 0 aliphatic carbocycles. The van der Waals surface area contributed by atoms with Crippen molar-refractivity contribution in [1.82, 2.24) is 15.2 Å². The average Bonchev–Trinajstić information content (AvgIpc) is 2.43. The lowest BCUT2D eigenvalue weighted by Gasteiger charge is -2.13. The average molecular weight is 281 g/mol. The highest BCUT2D eigenvalue weighted by molar-refractivity contribution is 5.73. The fourth-order valence-corrected chi connectivity index (χ4v) is 1.38. The molecule has 112 valence electrons. The van der Waals surface area contributed by atoms with E-state index >= 15 is 0 Å². The van der Waals surface area contributed by atoms with Gasteiger partial charge in [0.1, 0.15) is 5.82 Å². The number of hydrogen-bond donors (Lipinski definition) is 3. The maximum atomic E-state index is 11.3. The summed E-state index contributed by atoms with van der Waals surface area (Å²) in [5.41, 5.74) is 6.30. The zero-order valence-electron chi connectivity index (χ0n) is 12.3. The number of hydrogen-bond acceptors (Lipinski definition) is 5. The first-order valence-electron chi connectivity index (χ1n) is 6.63. The van der Waals surface area contributed by atoms with Crippen molar-refractivity contribution >= 4 is 17.5 Å². The van der Waals surface area contributed by atoms with Crippen LogP contribution in [0.3, 0.4) is 0 Å². The van der Waals surface area contributed by atoms with E-state index in [-0.39, 0.29) is 6.03 Å². The van der Waals surface area contributed by atoms with Crippen LogP contribution in [0.25, 0.3) is 0 Å². The van der Waals surface area contributed by atoms with Crippen LogP contribution in [0.1, 0.15) is 13.3 Å². The first-order valence-corrected chi connectivity index (χ1v) is 6.63. The van der Waals surface area contributed by atoms with Crippen molar-refractivity contribution in [3.8, 4) is 5.88 Å². The summed E-state index contributed by atoms with van der Waals surface area (Å²) < 4.78 is 5.45. The number of nitrogens with two attached hydrogens (primary N) is 1. The van der Waals surface area contributed by atoms with Gasteiger partial charge in [-0.1, -0.05) is 6.92 Å². The van der Waals surface area contributed by atoms with Crippen LogP contribution in [-0.4, -0.2) is 49.7 Å². The minimum absolute atomic E-state index is 0.121. The molecule has 1 rings (SSSR count). The molecule has 0 fully saturated rings. The van der Waals surface area contributed by atoms with Crippen LogP contribution < -0.4 is 21.1 Å². The zero-order chi connectivity index (χ0) is 15.0. The van der Waals surface area contributed by atoms with Gasteiger partial charge in [0, 0.05) is 27.2 Å². The molecule has 7 heteroatoms. The molecule has 0 aromatic carbocycles. The molecule has 20 heavy (non-hydrogen) atoms. The monoisotopic (exact) mass is 281 g/mol. The molecule has 2 amide bonds. The lowest BCUT2D eigenvalue weighted by atomic mass is 10.4. The maximum absolute atomic E-state index is 11.3. The Labute approximate surface area is 119 Å². The summed E-state index contributed by atoms with van der Waals surface area (Å²) >= 11 is 0. The van der Waals surface area contributed by atoms with Gasteiger partial charge in [-0.05, 0) is 18.6 Å².